The summed E-state index contributed by atoms with van der Waals surface area (Å²) in [7, 11) is -5.79. The van der Waals surface area contributed by atoms with Crippen LogP contribution in [0, 0.1) is 0 Å². The first-order valence-electron chi connectivity index (χ1n) is 15.3. The SMILES string of the molecule is CCC(=Cc1sc2cc(OC)c(OC)cc2[n+]1CCCS(=O)(=O)[O-])C=C1Oc2ccc(-c3ccccc3)cc2N1CCC(C)S(=O)(=O)[O-].[Na+]. The molecule has 0 bridgehead atoms. The van der Waals surface area contributed by atoms with Gasteiger partial charge in [0, 0.05) is 42.2 Å². The van der Waals surface area contributed by atoms with Crippen molar-refractivity contribution in [2.24, 2.45) is 0 Å². The molecule has 11 nitrogen and oxygen atoms in total. The zero-order valence-electron chi connectivity index (χ0n) is 28.0. The van der Waals surface area contributed by atoms with Gasteiger partial charge in [-0.3, -0.25) is 0 Å². The third-order valence-corrected chi connectivity index (χ3v) is 11.2. The topological polar surface area (TPSA) is 149 Å². The maximum absolute atomic E-state index is 11.7. The van der Waals surface area contributed by atoms with E-state index in [0.29, 0.717) is 29.6 Å². The van der Waals surface area contributed by atoms with Gasteiger partial charge in [-0.2, -0.15) is 4.57 Å². The minimum Gasteiger partial charge on any atom is -0.748 e. The van der Waals surface area contributed by atoms with Gasteiger partial charge in [-0.05, 0) is 48.6 Å². The second-order valence-corrected chi connectivity index (χ2v) is 15.7. The van der Waals surface area contributed by atoms with Crippen LogP contribution in [-0.4, -0.2) is 57.7 Å². The monoisotopic (exact) mass is 736 g/mol. The van der Waals surface area contributed by atoms with Crippen molar-refractivity contribution < 1.29 is 74.3 Å². The average molecular weight is 737 g/mol. The first kappa shape index (κ1) is 38.8. The Morgan fingerprint density at radius 1 is 1.00 bits per heavy atom. The molecule has 2 heterocycles. The molecule has 0 spiro atoms. The van der Waals surface area contributed by atoms with Crippen LogP contribution < -0.4 is 53.2 Å². The van der Waals surface area contributed by atoms with Crippen LogP contribution in [0.5, 0.6) is 17.2 Å². The quantitative estimate of drug-likeness (QED) is 0.108. The fraction of sp³-hybridized carbons (Fsp3) is 0.324. The minimum atomic E-state index is -4.48. The van der Waals surface area contributed by atoms with Crippen LogP contribution in [0.3, 0.4) is 0 Å². The number of thiazole rings is 1. The number of aryl methyl sites for hydroxylation is 1. The van der Waals surface area contributed by atoms with Gasteiger partial charge in [0.25, 0.3) is 5.01 Å². The number of aromatic nitrogens is 1. The molecule has 4 aromatic rings. The van der Waals surface area contributed by atoms with Gasteiger partial charge in [0.1, 0.15) is 4.70 Å². The summed E-state index contributed by atoms with van der Waals surface area (Å²) in [6.45, 7) is 3.89. The summed E-state index contributed by atoms with van der Waals surface area (Å²) < 4.78 is 89.6. The molecule has 0 amide bonds. The second kappa shape index (κ2) is 16.4. The van der Waals surface area contributed by atoms with E-state index >= 15 is 0 Å². The van der Waals surface area contributed by atoms with Crippen molar-refractivity contribution >= 4 is 53.6 Å². The van der Waals surface area contributed by atoms with E-state index in [4.69, 9.17) is 14.2 Å². The first-order valence-corrected chi connectivity index (χ1v) is 19.2. The van der Waals surface area contributed by atoms with Crippen LogP contribution in [0.4, 0.5) is 5.69 Å². The van der Waals surface area contributed by atoms with E-state index in [0.717, 1.165) is 37.6 Å². The van der Waals surface area contributed by atoms with E-state index < -0.39 is 31.2 Å². The summed E-state index contributed by atoms with van der Waals surface area (Å²) in [5.41, 5.74) is 4.38. The van der Waals surface area contributed by atoms with E-state index in [-0.39, 0.29) is 55.5 Å². The van der Waals surface area contributed by atoms with Crippen LogP contribution in [0.25, 0.3) is 27.4 Å². The zero-order valence-corrected chi connectivity index (χ0v) is 32.5. The summed E-state index contributed by atoms with van der Waals surface area (Å²) in [6, 6.07) is 19.3. The molecular weight excluding hydrogens is 700 g/mol. The molecule has 0 N–H and O–H groups in total. The van der Waals surface area contributed by atoms with E-state index in [1.807, 2.05) is 89.2 Å². The third kappa shape index (κ3) is 9.44. The normalized spacial score (nSPS) is 14.8. The molecule has 5 rings (SSSR count). The molecule has 0 radical (unpaired) electrons. The molecule has 15 heteroatoms. The molecule has 1 aromatic heterocycles. The van der Waals surface area contributed by atoms with Crippen LogP contribution >= 0.6 is 11.3 Å². The maximum atomic E-state index is 11.7. The predicted octanol–water partition coefficient (Wildman–Crippen LogP) is 2.67. The number of benzene rings is 3. The Balaban J connectivity index is 0.00000541. The van der Waals surface area contributed by atoms with Gasteiger partial charge in [0.05, 0.1) is 46.2 Å². The molecule has 49 heavy (non-hydrogen) atoms. The Morgan fingerprint density at radius 3 is 2.33 bits per heavy atom. The molecule has 3 aromatic carbocycles. The second-order valence-electron chi connectivity index (χ2n) is 11.3. The standard InChI is InChI=1S/C34H38N2O9S3.Na/c1-5-24(19-34-36(15-9-17-47(37,38)39)28-21-30(43-3)31(44-4)22-32(28)46-34)18-33-35(16-14-23(2)48(40,41)42)27-20-26(12-13-29(27)45-33)25-10-7-6-8-11-25;/h6-8,10-13,18-23H,5,9,14-17H2,1-4H3,(H-,37,38,39,40,41,42);/q;+1/p-1. The van der Waals surface area contributed by atoms with E-state index in [2.05, 4.69) is 0 Å². The number of allylic oxidation sites excluding steroid dienone is 2. The molecule has 1 unspecified atom stereocenters. The molecule has 256 valence electrons. The number of ether oxygens (including phenoxy) is 3. The van der Waals surface area contributed by atoms with Crippen LogP contribution in [0.1, 0.15) is 38.1 Å². The number of rotatable bonds is 14. The predicted molar refractivity (Wildman–Crippen MR) is 184 cm³/mol. The van der Waals surface area contributed by atoms with Gasteiger partial charge in [0.15, 0.2) is 23.8 Å². The number of anilines is 1. The molecule has 1 aliphatic rings. The Kier molecular flexibility index (Phi) is 13.0. The molecule has 0 saturated heterocycles. The molecule has 0 saturated carbocycles. The summed E-state index contributed by atoms with van der Waals surface area (Å²) in [5, 5.41) is -0.289. The van der Waals surface area contributed by atoms with Crippen molar-refractivity contribution in [3.63, 3.8) is 0 Å². The van der Waals surface area contributed by atoms with E-state index in [1.54, 1.807) is 7.11 Å². The largest absolute Gasteiger partial charge is 1.00 e. The average Bonchev–Trinajstić information content (AvgIpc) is 3.57. The molecule has 0 aliphatic carbocycles. The Morgan fingerprint density at radius 2 is 1.69 bits per heavy atom. The van der Waals surface area contributed by atoms with Crippen molar-refractivity contribution in [2.75, 3.05) is 31.4 Å². The van der Waals surface area contributed by atoms with Crippen LogP contribution in [0.2, 0.25) is 0 Å². The smallest absolute Gasteiger partial charge is 0.748 e. The third-order valence-electron chi connectivity index (χ3n) is 8.13. The number of hydrogen-bond donors (Lipinski definition) is 0. The Labute approximate surface area is 313 Å². The summed E-state index contributed by atoms with van der Waals surface area (Å²) in [5.74, 6) is 1.64. The first-order chi connectivity index (χ1) is 22.8. The number of methoxy groups -OCH3 is 2. The van der Waals surface area contributed by atoms with E-state index in [1.165, 1.54) is 25.4 Å². The van der Waals surface area contributed by atoms with E-state index in [9.17, 15) is 25.9 Å². The Hall–Kier alpha value is -2.95. The van der Waals surface area contributed by atoms with Crippen molar-refractivity contribution in [1.82, 2.24) is 0 Å². The van der Waals surface area contributed by atoms with Crippen molar-refractivity contribution in [3.05, 3.63) is 83.2 Å². The van der Waals surface area contributed by atoms with Crippen molar-refractivity contribution in [2.45, 2.75) is 44.9 Å². The fourth-order valence-corrected chi connectivity index (χ4v) is 7.49. The van der Waals surface area contributed by atoms with Crippen LogP contribution in [0.15, 0.2) is 78.2 Å². The van der Waals surface area contributed by atoms with Crippen LogP contribution in [-0.2, 0) is 26.8 Å². The van der Waals surface area contributed by atoms with Crippen molar-refractivity contribution in [1.29, 1.82) is 0 Å². The Bertz CT molecular complexity index is 2080. The number of hydrogen-bond acceptors (Lipinski definition) is 11. The maximum Gasteiger partial charge on any atom is 1.00 e. The summed E-state index contributed by atoms with van der Waals surface area (Å²) in [4.78, 5) is 1.89. The van der Waals surface area contributed by atoms with Gasteiger partial charge in [-0.25, -0.2) is 16.8 Å². The molecular formula is C34H37N2NaO9S3. The molecule has 0 fully saturated rings. The van der Waals surface area contributed by atoms with Gasteiger partial charge >= 0.3 is 29.6 Å². The number of fused-ring (bicyclic) bond motifs is 2. The number of nitrogens with zero attached hydrogens (tertiary/aromatic N) is 2. The fourth-order valence-electron chi connectivity index (χ4n) is 5.43. The minimum absolute atomic E-state index is 0. The van der Waals surface area contributed by atoms with Gasteiger partial charge in [-0.15, -0.1) is 0 Å². The zero-order chi connectivity index (χ0) is 34.6. The summed E-state index contributed by atoms with van der Waals surface area (Å²) in [6.07, 6.45) is 4.67. The molecule has 1 aliphatic heterocycles. The van der Waals surface area contributed by atoms with Gasteiger partial charge in [0.2, 0.25) is 11.4 Å². The summed E-state index contributed by atoms with van der Waals surface area (Å²) >= 11 is 1.48. The van der Waals surface area contributed by atoms with Gasteiger partial charge < -0.3 is 28.2 Å². The molecule has 1 atom stereocenters. The van der Waals surface area contributed by atoms with Crippen molar-refractivity contribution in [3.8, 4) is 28.4 Å². The van der Waals surface area contributed by atoms with Gasteiger partial charge in [-0.1, -0.05) is 54.7 Å².